The summed E-state index contributed by atoms with van der Waals surface area (Å²) in [6.07, 6.45) is 3.16. The number of rotatable bonds is 3. The number of aromatic nitrogens is 1. The fourth-order valence-electron chi connectivity index (χ4n) is 3.86. The van der Waals surface area contributed by atoms with Gasteiger partial charge >= 0.3 is 6.09 Å². The Balaban J connectivity index is 0.00000149. The fourth-order valence-corrected chi connectivity index (χ4v) is 3.86. The maximum atomic E-state index is 13.5. The van der Waals surface area contributed by atoms with Crippen LogP contribution in [0.15, 0.2) is 48.8 Å². The van der Waals surface area contributed by atoms with Crippen molar-refractivity contribution in [1.82, 2.24) is 25.6 Å². The monoisotopic (exact) mass is 455 g/mol. The van der Waals surface area contributed by atoms with E-state index in [9.17, 15) is 9.18 Å². The second-order valence-electron chi connectivity index (χ2n) is 8.71. The zero-order valence-corrected chi connectivity index (χ0v) is 20.1. The topological polar surface area (TPSA) is 69.7 Å². The molecule has 0 saturated carbocycles. The van der Waals surface area contributed by atoms with Crippen LogP contribution in [0.4, 0.5) is 9.18 Å². The summed E-state index contributed by atoms with van der Waals surface area (Å²) in [5.41, 5.74) is 10.1. The Bertz CT molecular complexity index is 949. The summed E-state index contributed by atoms with van der Waals surface area (Å²) in [5, 5.41) is 0. The van der Waals surface area contributed by atoms with Crippen LogP contribution in [0, 0.1) is 5.82 Å². The number of hydrogen-bond donors (Lipinski definition) is 2. The lowest BCUT2D eigenvalue weighted by molar-refractivity contribution is 0.0114. The van der Waals surface area contributed by atoms with Gasteiger partial charge in [-0.15, -0.1) is 0 Å². The zero-order valence-electron chi connectivity index (χ0n) is 20.1. The van der Waals surface area contributed by atoms with Crippen LogP contribution in [0.3, 0.4) is 0 Å². The molecule has 2 aliphatic heterocycles. The van der Waals surface area contributed by atoms with Crippen molar-refractivity contribution in [3.8, 4) is 0 Å². The Labute approximate surface area is 195 Å². The first-order valence-electron chi connectivity index (χ1n) is 11.5. The molecule has 1 amide bonds. The van der Waals surface area contributed by atoms with Gasteiger partial charge in [-0.3, -0.25) is 9.88 Å². The van der Waals surface area contributed by atoms with Crippen molar-refractivity contribution in [1.29, 1.82) is 0 Å². The largest absolute Gasteiger partial charge is 0.444 e. The highest BCUT2D eigenvalue weighted by Gasteiger charge is 2.35. The first-order chi connectivity index (χ1) is 15.8. The number of ether oxygens (including phenoxy) is 1. The molecular formula is C25H34FN5O2. The summed E-state index contributed by atoms with van der Waals surface area (Å²) in [6, 6.07) is 10.4. The maximum absolute atomic E-state index is 13.5. The quantitative estimate of drug-likeness (QED) is 0.726. The molecule has 0 bridgehead atoms. The van der Waals surface area contributed by atoms with Crippen LogP contribution in [0.1, 0.15) is 45.7 Å². The van der Waals surface area contributed by atoms with E-state index in [4.69, 9.17) is 4.74 Å². The summed E-state index contributed by atoms with van der Waals surface area (Å²) in [7, 11) is 0. The molecular weight excluding hydrogens is 421 g/mol. The standard InChI is InChI=1S/C23H28FN5O2.C2H6/c1-23(2,3)31-22(30)29-14-12-28(13-15-29)21-19(16-8-10-25-11-9-16)20(26-27-21)17-4-6-18(24)7-5-17;1-2/h4-11,21,26-27H,12-15H2,1-3H3;1-2H3. The van der Waals surface area contributed by atoms with Crippen LogP contribution in [0.25, 0.3) is 11.3 Å². The van der Waals surface area contributed by atoms with Crippen LogP contribution in [-0.2, 0) is 4.74 Å². The van der Waals surface area contributed by atoms with Gasteiger partial charge in [0, 0.05) is 44.1 Å². The Hall–Kier alpha value is -2.97. The summed E-state index contributed by atoms with van der Waals surface area (Å²) in [5.74, 6) is -0.268. The van der Waals surface area contributed by atoms with E-state index >= 15 is 0 Å². The highest BCUT2D eigenvalue weighted by Crippen LogP contribution is 2.32. The number of hydrogen-bond acceptors (Lipinski definition) is 6. The van der Waals surface area contributed by atoms with Gasteiger partial charge in [0.25, 0.3) is 0 Å². The summed E-state index contributed by atoms with van der Waals surface area (Å²) >= 11 is 0. The summed E-state index contributed by atoms with van der Waals surface area (Å²) in [6.45, 7) is 12.2. The molecule has 1 aromatic heterocycles. The lowest BCUT2D eigenvalue weighted by Gasteiger charge is -2.38. The van der Waals surface area contributed by atoms with Gasteiger partial charge in [0.2, 0.25) is 0 Å². The van der Waals surface area contributed by atoms with Gasteiger partial charge in [-0.2, -0.15) is 0 Å². The Morgan fingerprint density at radius 3 is 2.18 bits per heavy atom. The van der Waals surface area contributed by atoms with Crippen molar-refractivity contribution in [3.05, 3.63) is 65.7 Å². The molecule has 8 heteroatoms. The van der Waals surface area contributed by atoms with Crippen molar-refractivity contribution in [3.63, 3.8) is 0 Å². The minimum atomic E-state index is -0.507. The van der Waals surface area contributed by atoms with Crippen molar-refractivity contribution in [2.75, 3.05) is 26.2 Å². The van der Waals surface area contributed by atoms with Gasteiger partial charge in [0.15, 0.2) is 0 Å². The first kappa shape index (κ1) is 24.7. The van der Waals surface area contributed by atoms with Gasteiger partial charge in [0.1, 0.15) is 17.6 Å². The van der Waals surface area contributed by atoms with Crippen LogP contribution in [-0.4, -0.2) is 58.8 Å². The number of nitrogens with one attached hydrogen (secondary N) is 2. The van der Waals surface area contributed by atoms with Crippen molar-refractivity contribution >= 4 is 17.4 Å². The van der Waals surface area contributed by atoms with E-state index in [1.165, 1.54) is 12.1 Å². The van der Waals surface area contributed by atoms with Gasteiger partial charge in [0.05, 0.1) is 5.70 Å². The Morgan fingerprint density at radius 1 is 1.00 bits per heavy atom. The number of pyridine rings is 1. The average molecular weight is 456 g/mol. The third kappa shape index (κ3) is 6.09. The SMILES string of the molecule is CC.CC(C)(C)OC(=O)N1CCN(C2NNC(c3ccc(F)cc3)=C2c2ccncc2)CC1. The molecule has 1 aromatic carbocycles. The number of halogens is 1. The Morgan fingerprint density at radius 2 is 1.61 bits per heavy atom. The highest BCUT2D eigenvalue weighted by molar-refractivity contribution is 5.93. The van der Waals surface area contributed by atoms with Gasteiger partial charge in [-0.05, 0) is 68.3 Å². The molecule has 1 fully saturated rings. The minimum absolute atomic E-state index is 0.0942. The lowest BCUT2D eigenvalue weighted by Crippen LogP contribution is -2.56. The Kier molecular flexibility index (Phi) is 8.05. The predicted molar refractivity (Wildman–Crippen MR) is 128 cm³/mol. The molecule has 2 N–H and O–H groups in total. The van der Waals surface area contributed by atoms with Crippen molar-refractivity contribution in [2.24, 2.45) is 0 Å². The molecule has 2 aliphatic rings. The van der Waals surface area contributed by atoms with Crippen molar-refractivity contribution < 1.29 is 13.9 Å². The van der Waals surface area contributed by atoms with Crippen LogP contribution in [0.2, 0.25) is 0 Å². The molecule has 4 rings (SSSR count). The molecule has 0 spiro atoms. The molecule has 0 radical (unpaired) electrons. The molecule has 0 aliphatic carbocycles. The van der Waals surface area contributed by atoms with Gasteiger partial charge in [-0.1, -0.05) is 13.8 Å². The lowest BCUT2D eigenvalue weighted by atomic mass is 9.98. The van der Waals surface area contributed by atoms with E-state index in [0.717, 1.165) is 22.4 Å². The molecule has 178 valence electrons. The third-order valence-electron chi connectivity index (χ3n) is 5.33. The molecule has 33 heavy (non-hydrogen) atoms. The van der Waals surface area contributed by atoms with E-state index in [2.05, 4.69) is 20.7 Å². The highest BCUT2D eigenvalue weighted by atomic mass is 19.1. The number of nitrogens with zero attached hydrogens (tertiary/aromatic N) is 3. The summed E-state index contributed by atoms with van der Waals surface area (Å²) in [4.78, 5) is 20.6. The summed E-state index contributed by atoms with van der Waals surface area (Å²) < 4.78 is 19.0. The predicted octanol–water partition coefficient (Wildman–Crippen LogP) is 4.10. The minimum Gasteiger partial charge on any atom is -0.444 e. The normalized spacial score (nSPS) is 19.0. The number of carbonyl (C=O) groups excluding carboxylic acids is 1. The second-order valence-corrected chi connectivity index (χ2v) is 8.71. The first-order valence-corrected chi connectivity index (χ1v) is 11.5. The zero-order chi connectivity index (χ0) is 24.0. The molecule has 3 heterocycles. The molecule has 7 nitrogen and oxygen atoms in total. The van der Waals surface area contributed by atoms with Gasteiger partial charge in [-0.25, -0.2) is 14.6 Å². The maximum Gasteiger partial charge on any atom is 0.410 e. The van der Waals surface area contributed by atoms with Crippen LogP contribution < -0.4 is 10.9 Å². The number of amides is 1. The van der Waals surface area contributed by atoms with Gasteiger partial charge < -0.3 is 15.1 Å². The van der Waals surface area contributed by atoms with E-state index in [-0.39, 0.29) is 18.1 Å². The fraction of sp³-hybridized carbons (Fsp3) is 0.440. The number of carbonyl (C=O) groups is 1. The number of benzene rings is 1. The second kappa shape index (κ2) is 10.8. The van der Waals surface area contributed by atoms with Crippen molar-refractivity contribution in [2.45, 2.75) is 46.4 Å². The smallest absolute Gasteiger partial charge is 0.410 e. The number of hydrazine groups is 1. The van der Waals surface area contributed by atoms with E-state index in [1.54, 1.807) is 29.4 Å². The van der Waals surface area contributed by atoms with E-state index < -0.39 is 5.60 Å². The van der Waals surface area contributed by atoms with Crippen LogP contribution in [0.5, 0.6) is 0 Å². The molecule has 1 saturated heterocycles. The van der Waals surface area contributed by atoms with E-state index in [0.29, 0.717) is 26.2 Å². The molecule has 2 aromatic rings. The number of piperazine rings is 1. The molecule has 1 atom stereocenters. The molecule has 1 unspecified atom stereocenters. The third-order valence-corrected chi connectivity index (χ3v) is 5.33. The van der Waals surface area contributed by atoms with E-state index in [1.807, 2.05) is 46.8 Å². The van der Waals surface area contributed by atoms with Crippen LogP contribution >= 0.6 is 0 Å². The average Bonchev–Trinajstić information content (AvgIpc) is 3.25.